The van der Waals surface area contributed by atoms with Gasteiger partial charge in [0.25, 0.3) is 11.5 Å². The number of nitrogens with two attached hydrogens (primary N) is 1. The van der Waals surface area contributed by atoms with Crippen LogP contribution in [0.4, 0.5) is 23.1 Å². The Morgan fingerprint density at radius 2 is 2.06 bits per heavy atom. The lowest BCUT2D eigenvalue weighted by molar-refractivity contribution is -0.140. The molecule has 2 atom stereocenters. The van der Waals surface area contributed by atoms with Gasteiger partial charge >= 0.3 is 11.9 Å². The largest absolute Gasteiger partial charge is 0.481 e. The van der Waals surface area contributed by atoms with Gasteiger partial charge in [0.05, 0.1) is 6.04 Å². The molecule has 0 unspecified atom stereocenters. The molecule has 1 aliphatic heterocycles. The lowest BCUT2D eigenvalue weighted by Crippen LogP contribution is -2.48. The molecule has 1 aliphatic rings. The number of aromatic nitrogens is 2. The van der Waals surface area contributed by atoms with Crippen molar-refractivity contribution < 1.29 is 28.7 Å². The van der Waals surface area contributed by atoms with Gasteiger partial charge in [0.1, 0.15) is 11.7 Å². The van der Waals surface area contributed by atoms with Gasteiger partial charge in [-0.15, -0.1) is 0 Å². The number of carbonyl (C=O) groups is 3. The van der Waals surface area contributed by atoms with Crippen molar-refractivity contribution in [2.24, 2.45) is 0 Å². The molecular formula is C20H25N7O6. The van der Waals surface area contributed by atoms with E-state index in [1.54, 1.807) is 12.1 Å². The van der Waals surface area contributed by atoms with Gasteiger partial charge in [-0.1, -0.05) is 0 Å². The predicted molar refractivity (Wildman–Crippen MR) is 121 cm³/mol. The van der Waals surface area contributed by atoms with Crippen LogP contribution in [-0.2, 0) is 9.59 Å². The maximum Gasteiger partial charge on any atom is 0.326 e. The number of anilines is 4. The zero-order valence-corrected chi connectivity index (χ0v) is 17.3. The standard InChI is InChI=1S/C20H25N7O6/c1-27-12(9-23-16-15(27)18(31)26-20(21)25-16)8-22-11-4-2-10(3-5-11)17(30)24-13(19(32)33)6-7-14(28)29/h2-5,12-13,22H,6-9H2,1H3,(H,24,30)(H,28,29)(H,32,33)(H4,21,23,25,26,31)/t12-,13-/m0/s1/i1+1D3. The zero-order valence-electron chi connectivity index (χ0n) is 20.3. The van der Waals surface area contributed by atoms with Crippen LogP contribution in [0.2, 0.25) is 0 Å². The van der Waals surface area contributed by atoms with Crippen molar-refractivity contribution in [3.63, 3.8) is 0 Å². The van der Waals surface area contributed by atoms with Crippen molar-refractivity contribution in [3.8, 4) is 0 Å². The van der Waals surface area contributed by atoms with Crippen molar-refractivity contribution in [3.05, 3.63) is 40.2 Å². The number of rotatable bonds is 9. The Morgan fingerprint density at radius 3 is 2.70 bits per heavy atom. The second-order valence-corrected chi connectivity index (χ2v) is 7.31. The lowest BCUT2D eigenvalue weighted by Gasteiger charge is -2.35. The van der Waals surface area contributed by atoms with Gasteiger partial charge in [-0.2, -0.15) is 4.98 Å². The second kappa shape index (κ2) is 9.89. The number of hydrogen-bond acceptors (Lipinski definition) is 9. The summed E-state index contributed by atoms with van der Waals surface area (Å²) in [5.74, 6) is -3.28. The van der Waals surface area contributed by atoms with E-state index in [1.807, 2.05) is 0 Å². The number of carboxylic acids is 2. The van der Waals surface area contributed by atoms with Gasteiger partial charge in [-0.3, -0.25) is 19.4 Å². The van der Waals surface area contributed by atoms with Crippen LogP contribution in [0.15, 0.2) is 29.1 Å². The monoisotopic (exact) mass is 463 g/mol. The summed E-state index contributed by atoms with van der Waals surface area (Å²) in [5, 5.41) is 26.2. The first-order valence-electron chi connectivity index (χ1n) is 11.4. The van der Waals surface area contributed by atoms with Gasteiger partial charge < -0.3 is 36.8 Å². The van der Waals surface area contributed by atoms with Crippen LogP contribution in [-0.4, -0.2) is 70.2 Å². The molecule has 8 N–H and O–H groups in total. The molecule has 3 rings (SSSR count). The Labute approximate surface area is 192 Å². The van der Waals surface area contributed by atoms with Crippen molar-refractivity contribution in [1.82, 2.24) is 15.3 Å². The minimum Gasteiger partial charge on any atom is -0.481 e. The highest BCUT2D eigenvalue weighted by molar-refractivity contribution is 5.96. The first-order valence-corrected chi connectivity index (χ1v) is 9.89. The molecule has 0 bridgehead atoms. The highest BCUT2D eigenvalue weighted by atomic mass is 16.4. The predicted octanol–water partition coefficient (Wildman–Crippen LogP) is -0.258. The fourth-order valence-electron chi connectivity index (χ4n) is 3.22. The van der Waals surface area contributed by atoms with E-state index in [9.17, 15) is 24.3 Å². The molecule has 0 saturated carbocycles. The Hall–Kier alpha value is -4.29. The second-order valence-electron chi connectivity index (χ2n) is 7.31. The van der Waals surface area contributed by atoms with Crippen LogP contribution in [0.5, 0.6) is 0 Å². The minimum atomic E-state index is -2.64. The first-order chi connectivity index (χ1) is 16.9. The Balaban J connectivity index is 1.68. The van der Waals surface area contributed by atoms with Crippen LogP contribution in [0.25, 0.3) is 0 Å². The van der Waals surface area contributed by atoms with Gasteiger partial charge in [0.2, 0.25) is 5.95 Å². The average molecular weight is 463 g/mol. The number of H-pyrrole nitrogens is 1. The highest BCUT2D eigenvalue weighted by Gasteiger charge is 2.27. The third kappa shape index (κ3) is 5.70. The van der Waals surface area contributed by atoms with Crippen molar-refractivity contribution >= 4 is 41.0 Å². The van der Waals surface area contributed by atoms with Gasteiger partial charge in [-0.05, 0) is 30.7 Å². The molecule has 0 spiro atoms. The number of benzene rings is 1. The van der Waals surface area contributed by atoms with E-state index in [2.05, 4.69) is 25.9 Å². The summed E-state index contributed by atoms with van der Waals surface area (Å²) in [6.45, 7) is -2.38. The Bertz CT molecular complexity index is 1200. The highest BCUT2D eigenvalue weighted by Crippen LogP contribution is 2.25. The molecule has 13 nitrogen and oxygen atoms in total. The van der Waals surface area contributed by atoms with Crippen molar-refractivity contribution in [2.45, 2.75) is 24.9 Å². The van der Waals surface area contributed by atoms with E-state index in [1.165, 1.54) is 12.1 Å². The molecule has 1 aromatic heterocycles. The van der Waals surface area contributed by atoms with E-state index in [-0.39, 0.29) is 42.5 Å². The number of nitrogens with zero attached hydrogens (tertiary/aromatic N) is 2. The molecule has 1 amide bonds. The molecule has 2 heterocycles. The SMILES string of the molecule is [2H][13C]([2H])([2H])N1c2c(nc(N)[nH]c2=O)NC[C@@H]1CNc1ccc(C(=O)N[C@@H](CCC(=O)O)C(=O)O)cc1. The maximum absolute atomic E-state index is 12.4. The molecule has 0 fully saturated rings. The summed E-state index contributed by atoms with van der Waals surface area (Å²) in [7, 11) is 0. The molecule has 0 saturated heterocycles. The molecular weight excluding hydrogens is 435 g/mol. The smallest absolute Gasteiger partial charge is 0.326 e. The van der Waals surface area contributed by atoms with Gasteiger partial charge in [0.15, 0.2) is 5.82 Å². The van der Waals surface area contributed by atoms with Crippen molar-refractivity contribution in [1.29, 1.82) is 0 Å². The average Bonchev–Trinajstić information content (AvgIpc) is 2.79. The fraction of sp³-hybridized carbons (Fsp3) is 0.350. The summed E-state index contributed by atoms with van der Waals surface area (Å²) in [6, 6.07) is 3.92. The van der Waals surface area contributed by atoms with Crippen molar-refractivity contribution in [2.75, 3.05) is 41.3 Å². The third-order valence-corrected chi connectivity index (χ3v) is 4.96. The Kier molecular flexibility index (Phi) is 5.81. The van der Waals surface area contributed by atoms with Crippen LogP contribution < -0.4 is 32.1 Å². The summed E-state index contributed by atoms with van der Waals surface area (Å²) in [6.07, 6.45) is -0.678. The van der Waals surface area contributed by atoms with E-state index >= 15 is 0 Å². The quantitative estimate of drug-likeness (QED) is 0.241. The summed E-state index contributed by atoms with van der Waals surface area (Å²) < 4.78 is 23.7. The Morgan fingerprint density at radius 1 is 1.33 bits per heavy atom. The summed E-state index contributed by atoms with van der Waals surface area (Å²) in [5.41, 5.74) is 5.39. The van der Waals surface area contributed by atoms with E-state index in [4.69, 9.17) is 15.0 Å². The van der Waals surface area contributed by atoms with Gasteiger partial charge in [-0.25, -0.2) is 4.79 Å². The number of nitrogens with one attached hydrogen (secondary N) is 4. The maximum atomic E-state index is 12.4. The molecule has 0 aliphatic carbocycles. The zero-order chi connectivity index (χ0) is 26.6. The molecule has 1 aromatic carbocycles. The number of amides is 1. The number of nitrogen functional groups attached to an aromatic ring is 1. The third-order valence-electron chi connectivity index (χ3n) is 4.96. The van der Waals surface area contributed by atoms with E-state index in [0.717, 1.165) is 4.90 Å². The van der Waals surface area contributed by atoms with Crippen LogP contribution in [0.1, 0.15) is 27.3 Å². The number of aliphatic carboxylic acids is 2. The number of likely N-dealkylation sites (N-methyl/N-ethyl adjacent to an activating group) is 1. The molecule has 13 heteroatoms. The first kappa shape index (κ1) is 19.4. The van der Waals surface area contributed by atoms with Gasteiger partial charge in [0, 0.05) is 41.8 Å². The number of hydrogen-bond donors (Lipinski definition) is 7. The van der Waals surface area contributed by atoms with Crippen LogP contribution in [0, 0.1) is 0 Å². The van der Waals surface area contributed by atoms with Crippen LogP contribution in [0.3, 0.4) is 0 Å². The fourth-order valence-corrected chi connectivity index (χ4v) is 3.22. The summed E-state index contributed by atoms with van der Waals surface area (Å²) >= 11 is 0. The van der Waals surface area contributed by atoms with E-state index < -0.39 is 48.9 Å². The topological polar surface area (TPSA) is 203 Å². The number of aromatic amines is 1. The normalized spacial score (nSPS) is 17.4. The number of fused-ring (bicyclic) bond motifs is 1. The molecule has 0 radical (unpaired) electrons. The number of carboxylic acid groups (broad SMARTS) is 2. The van der Waals surface area contributed by atoms with E-state index in [0.29, 0.717) is 5.69 Å². The van der Waals surface area contributed by atoms with Crippen LogP contribution >= 0.6 is 0 Å². The molecule has 176 valence electrons. The summed E-state index contributed by atoms with van der Waals surface area (Å²) in [4.78, 5) is 54.0. The minimum absolute atomic E-state index is 0.0713. The molecule has 33 heavy (non-hydrogen) atoms. The lowest BCUT2D eigenvalue weighted by atomic mass is 10.1. The molecule has 2 aromatic rings. The number of carbonyl (C=O) groups excluding carboxylic acids is 1.